The maximum atomic E-state index is 4.98. The lowest BCUT2D eigenvalue weighted by Crippen LogP contribution is -2.00. The van der Waals surface area contributed by atoms with E-state index < -0.39 is 0 Å². The SMILES string of the molecule is c1ccc(-c2nc(-c3ccccc3)nc(-c3cccc(-c4ccc(-n5c6ccccc6c6cc(-c7ccc8c(c7)c7ccccc7n8-c7ccccc7)ccc65)cc4)c3)n2)cc1. The van der Waals surface area contributed by atoms with Gasteiger partial charge in [-0.25, -0.2) is 15.0 Å². The second kappa shape index (κ2) is 14.7. The van der Waals surface area contributed by atoms with Gasteiger partial charge >= 0.3 is 0 Å². The van der Waals surface area contributed by atoms with E-state index in [1.807, 2.05) is 60.7 Å². The molecule has 0 atom stereocenters. The zero-order valence-corrected chi connectivity index (χ0v) is 33.6. The monoisotopic (exact) mass is 791 g/mol. The van der Waals surface area contributed by atoms with Crippen LogP contribution in [0.25, 0.3) is 111 Å². The summed E-state index contributed by atoms with van der Waals surface area (Å²) in [4.78, 5) is 14.8. The Morgan fingerprint density at radius 1 is 0.226 bits per heavy atom. The van der Waals surface area contributed by atoms with Crippen LogP contribution in [0, 0.1) is 0 Å². The Hall–Kier alpha value is -8.41. The van der Waals surface area contributed by atoms with Crippen molar-refractivity contribution >= 4 is 43.6 Å². The quantitative estimate of drug-likeness (QED) is 0.162. The van der Waals surface area contributed by atoms with Crippen molar-refractivity contribution in [1.82, 2.24) is 24.1 Å². The topological polar surface area (TPSA) is 48.5 Å². The summed E-state index contributed by atoms with van der Waals surface area (Å²) < 4.78 is 4.75. The molecule has 5 nitrogen and oxygen atoms in total. The number of rotatable bonds is 7. The third-order valence-corrected chi connectivity index (χ3v) is 12.0. The van der Waals surface area contributed by atoms with Gasteiger partial charge in [-0.05, 0) is 89.0 Å². The molecule has 0 bridgehead atoms. The lowest BCUT2D eigenvalue weighted by atomic mass is 10.0. The third-order valence-electron chi connectivity index (χ3n) is 12.0. The summed E-state index contributed by atoms with van der Waals surface area (Å²) in [5, 5.41) is 4.95. The fraction of sp³-hybridized carbons (Fsp3) is 0. The van der Waals surface area contributed by atoms with Gasteiger partial charge in [-0.15, -0.1) is 0 Å². The lowest BCUT2D eigenvalue weighted by molar-refractivity contribution is 1.07. The van der Waals surface area contributed by atoms with Crippen molar-refractivity contribution in [3.05, 3.63) is 224 Å². The molecule has 0 fully saturated rings. The van der Waals surface area contributed by atoms with Crippen LogP contribution in [0.5, 0.6) is 0 Å². The smallest absolute Gasteiger partial charge is 0.164 e. The minimum atomic E-state index is 0.639. The highest BCUT2D eigenvalue weighted by molar-refractivity contribution is 6.12. The normalized spacial score (nSPS) is 11.5. The first-order valence-corrected chi connectivity index (χ1v) is 20.9. The Bertz CT molecular complexity index is 3550. The summed E-state index contributed by atoms with van der Waals surface area (Å²) in [6.45, 7) is 0. The van der Waals surface area contributed by atoms with Crippen molar-refractivity contribution < 1.29 is 0 Å². The van der Waals surface area contributed by atoms with E-state index in [1.54, 1.807) is 0 Å². The van der Waals surface area contributed by atoms with Crippen LogP contribution in [0.3, 0.4) is 0 Å². The molecule has 12 aromatic rings. The van der Waals surface area contributed by atoms with E-state index in [1.165, 1.54) is 54.7 Å². The molecule has 3 heterocycles. The fourth-order valence-corrected chi connectivity index (χ4v) is 9.02. The maximum absolute atomic E-state index is 4.98. The zero-order chi connectivity index (χ0) is 41.0. The second-order valence-corrected chi connectivity index (χ2v) is 15.7. The molecule has 0 aliphatic heterocycles. The Morgan fingerprint density at radius 2 is 0.597 bits per heavy atom. The van der Waals surface area contributed by atoms with Gasteiger partial charge in [-0.2, -0.15) is 0 Å². The minimum absolute atomic E-state index is 0.639. The molecule has 0 saturated heterocycles. The highest BCUT2D eigenvalue weighted by Crippen LogP contribution is 2.39. The van der Waals surface area contributed by atoms with Gasteiger partial charge in [0.05, 0.1) is 22.1 Å². The van der Waals surface area contributed by atoms with Gasteiger partial charge in [0.25, 0.3) is 0 Å². The average molecular weight is 792 g/mol. The van der Waals surface area contributed by atoms with Gasteiger partial charge in [-0.1, -0.05) is 158 Å². The van der Waals surface area contributed by atoms with Crippen molar-refractivity contribution in [2.75, 3.05) is 0 Å². The molecule has 3 aromatic heterocycles. The van der Waals surface area contributed by atoms with Crippen LogP contribution in [0.2, 0.25) is 0 Å². The number of nitrogens with zero attached hydrogens (tertiary/aromatic N) is 5. The Labute approximate surface area is 358 Å². The van der Waals surface area contributed by atoms with Crippen LogP contribution in [-0.4, -0.2) is 24.1 Å². The van der Waals surface area contributed by atoms with Crippen LogP contribution in [-0.2, 0) is 0 Å². The van der Waals surface area contributed by atoms with Gasteiger partial charge in [0.1, 0.15) is 0 Å². The highest BCUT2D eigenvalue weighted by atomic mass is 15.0. The van der Waals surface area contributed by atoms with Gasteiger partial charge in [0.2, 0.25) is 0 Å². The van der Waals surface area contributed by atoms with E-state index >= 15 is 0 Å². The van der Waals surface area contributed by atoms with Crippen molar-refractivity contribution in [3.63, 3.8) is 0 Å². The molecule has 9 aromatic carbocycles. The van der Waals surface area contributed by atoms with Crippen LogP contribution in [0.1, 0.15) is 0 Å². The number of aromatic nitrogens is 5. The molecule has 0 amide bonds. The molecule has 290 valence electrons. The molecule has 0 aliphatic carbocycles. The number of fused-ring (bicyclic) bond motifs is 6. The van der Waals surface area contributed by atoms with Gasteiger partial charge in [-0.3, -0.25) is 0 Å². The van der Waals surface area contributed by atoms with E-state index in [2.05, 4.69) is 173 Å². The molecule has 0 N–H and O–H groups in total. The zero-order valence-electron chi connectivity index (χ0n) is 33.6. The van der Waals surface area contributed by atoms with Crippen molar-refractivity contribution in [3.8, 4) is 67.8 Å². The number of hydrogen-bond acceptors (Lipinski definition) is 3. The number of para-hydroxylation sites is 3. The van der Waals surface area contributed by atoms with E-state index in [0.29, 0.717) is 17.5 Å². The van der Waals surface area contributed by atoms with E-state index in [4.69, 9.17) is 15.0 Å². The maximum Gasteiger partial charge on any atom is 0.164 e. The first-order valence-electron chi connectivity index (χ1n) is 20.9. The summed E-state index contributed by atoms with van der Waals surface area (Å²) in [5.74, 6) is 1.94. The second-order valence-electron chi connectivity index (χ2n) is 15.7. The summed E-state index contributed by atoms with van der Waals surface area (Å²) in [7, 11) is 0. The molecular formula is C57H37N5. The van der Waals surface area contributed by atoms with E-state index in [-0.39, 0.29) is 0 Å². The highest BCUT2D eigenvalue weighted by Gasteiger charge is 2.17. The van der Waals surface area contributed by atoms with Gasteiger partial charge < -0.3 is 9.13 Å². The molecule has 5 heteroatoms. The largest absolute Gasteiger partial charge is 0.309 e. The Morgan fingerprint density at radius 3 is 1.13 bits per heavy atom. The predicted molar refractivity (Wildman–Crippen MR) is 256 cm³/mol. The number of hydrogen-bond donors (Lipinski definition) is 0. The molecule has 0 radical (unpaired) electrons. The average Bonchev–Trinajstić information content (AvgIpc) is 3.87. The number of benzene rings is 9. The summed E-state index contributed by atoms with van der Waals surface area (Å²) >= 11 is 0. The van der Waals surface area contributed by atoms with Crippen LogP contribution in [0.15, 0.2) is 224 Å². The van der Waals surface area contributed by atoms with Crippen LogP contribution >= 0.6 is 0 Å². The molecule has 0 saturated carbocycles. The lowest BCUT2D eigenvalue weighted by Gasteiger charge is -2.11. The van der Waals surface area contributed by atoms with Gasteiger partial charge in [0.15, 0.2) is 17.5 Å². The predicted octanol–water partition coefficient (Wildman–Crippen LogP) is 14.4. The van der Waals surface area contributed by atoms with Crippen molar-refractivity contribution in [1.29, 1.82) is 0 Å². The third kappa shape index (κ3) is 6.06. The molecule has 62 heavy (non-hydrogen) atoms. The van der Waals surface area contributed by atoms with Crippen LogP contribution < -0.4 is 0 Å². The molecule has 0 aliphatic rings. The molecule has 12 rings (SSSR count). The van der Waals surface area contributed by atoms with Gasteiger partial charge in [0, 0.05) is 49.6 Å². The first kappa shape index (κ1) is 35.5. The first-order chi connectivity index (χ1) is 30.7. The van der Waals surface area contributed by atoms with Crippen LogP contribution in [0.4, 0.5) is 0 Å². The van der Waals surface area contributed by atoms with Crippen molar-refractivity contribution in [2.24, 2.45) is 0 Å². The summed E-state index contributed by atoms with van der Waals surface area (Å²) in [6.07, 6.45) is 0. The fourth-order valence-electron chi connectivity index (χ4n) is 9.02. The molecular weight excluding hydrogens is 755 g/mol. The van der Waals surface area contributed by atoms with E-state index in [0.717, 1.165) is 39.2 Å². The van der Waals surface area contributed by atoms with Crippen molar-refractivity contribution in [2.45, 2.75) is 0 Å². The standard InChI is InChI=1S/C57H37N5/c1-4-15-39(16-5-1)55-58-56(40-17-6-2-7-18-40)60-57(59-55)44-20-14-19-41(35-44)38-27-31-46(32-28-38)62-52-26-13-11-24-48(52)50-37-43(30-34-54(50)62)42-29-33-53-49(36-42)47-23-10-12-25-51(47)61(53)45-21-8-3-9-22-45/h1-37H. The Balaban J connectivity index is 0.910. The molecule has 0 spiro atoms. The Kier molecular flexibility index (Phi) is 8.42. The minimum Gasteiger partial charge on any atom is -0.309 e. The van der Waals surface area contributed by atoms with E-state index in [9.17, 15) is 0 Å². The molecule has 0 unspecified atom stereocenters. The summed E-state index contributed by atoms with van der Waals surface area (Å²) in [6, 6.07) is 79.4. The summed E-state index contributed by atoms with van der Waals surface area (Å²) in [5.41, 5.74) is 14.5.